The Hall–Kier alpha value is -0.890. The van der Waals surface area contributed by atoms with Gasteiger partial charge in [-0.15, -0.1) is 0 Å². The van der Waals surface area contributed by atoms with E-state index in [1.165, 1.54) is 11.6 Å². The van der Waals surface area contributed by atoms with Crippen molar-refractivity contribution in [1.29, 1.82) is 0 Å². The predicted octanol–water partition coefficient (Wildman–Crippen LogP) is 5.76. The summed E-state index contributed by atoms with van der Waals surface area (Å²) >= 11 is 0. The second kappa shape index (κ2) is 19.4. The van der Waals surface area contributed by atoms with E-state index in [9.17, 15) is 4.39 Å². The molecule has 19 heavy (non-hydrogen) atoms. The summed E-state index contributed by atoms with van der Waals surface area (Å²) in [6.07, 6.45) is 6.37. The van der Waals surface area contributed by atoms with Crippen LogP contribution in [0.15, 0.2) is 36.2 Å². The summed E-state index contributed by atoms with van der Waals surface area (Å²) in [6, 6.07) is 0. The number of hydrogen-bond acceptors (Lipinski definition) is 1. The zero-order chi connectivity index (χ0) is 15.7. The van der Waals surface area contributed by atoms with Crippen LogP contribution in [0.5, 0.6) is 0 Å². The van der Waals surface area contributed by atoms with Gasteiger partial charge in [0.1, 0.15) is 5.83 Å². The second-order valence-corrected chi connectivity index (χ2v) is 4.08. The molecule has 0 heterocycles. The van der Waals surface area contributed by atoms with Gasteiger partial charge in [-0.1, -0.05) is 58.1 Å². The molecule has 0 atom stereocenters. The lowest BCUT2D eigenvalue weighted by atomic mass is 10.3. The molecule has 0 radical (unpaired) electrons. The summed E-state index contributed by atoms with van der Waals surface area (Å²) in [7, 11) is 0. The van der Waals surface area contributed by atoms with Gasteiger partial charge >= 0.3 is 0 Å². The molecule has 0 aliphatic carbocycles. The molecule has 0 aromatic heterocycles. The number of likely N-dealkylation sites (N-methyl/N-ethyl adjacent to an activating group) is 1. The van der Waals surface area contributed by atoms with E-state index in [1.807, 2.05) is 33.8 Å². The molecule has 2 heteroatoms. The van der Waals surface area contributed by atoms with Crippen molar-refractivity contribution in [3.63, 3.8) is 0 Å². The maximum absolute atomic E-state index is 12.7. The summed E-state index contributed by atoms with van der Waals surface area (Å²) in [5, 5.41) is 0. The van der Waals surface area contributed by atoms with Crippen molar-refractivity contribution in [3.05, 3.63) is 36.2 Å². The maximum Gasteiger partial charge on any atom is 0.110 e. The molecular weight excluding hydrogens is 237 g/mol. The highest BCUT2D eigenvalue weighted by atomic mass is 19.1. The van der Waals surface area contributed by atoms with Gasteiger partial charge in [0.15, 0.2) is 0 Å². The summed E-state index contributed by atoms with van der Waals surface area (Å²) in [4.78, 5) is 2.09. The van der Waals surface area contributed by atoms with Crippen LogP contribution in [-0.4, -0.2) is 24.5 Å². The van der Waals surface area contributed by atoms with Crippen LogP contribution in [0.3, 0.4) is 0 Å². The van der Waals surface area contributed by atoms with Gasteiger partial charge in [-0.2, -0.15) is 0 Å². The molecule has 0 aliphatic rings. The molecule has 1 nitrogen and oxygen atoms in total. The first kappa shape index (κ1) is 23.2. The predicted molar refractivity (Wildman–Crippen MR) is 88.2 cm³/mol. The maximum atomic E-state index is 12.7. The van der Waals surface area contributed by atoms with Crippen molar-refractivity contribution in [2.45, 2.75) is 54.9 Å². The van der Waals surface area contributed by atoms with Crippen LogP contribution in [-0.2, 0) is 0 Å². The van der Waals surface area contributed by atoms with Crippen molar-refractivity contribution >= 4 is 0 Å². The van der Waals surface area contributed by atoms with Crippen molar-refractivity contribution in [3.8, 4) is 0 Å². The molecular formula is C17H34FN. The van der Waals surface area contributed by atoms with E-state index in [4.69, 9.17) is 0 Å². The summed E-state index contributed by atoms with van der Waals surface area (Å²) in [5.74, 6) is -0.0275. The van der Waals surface area contributed by atoms with E-state index in [-0.39, 0.29) is 5.83 Å². The van der Waals surface area contributed by atoms with Crippen LogP contribution < -0.4 is 0 Å². The Morgan fingerprint density at radius 1 is 1.21 bits per heavy atom. The number of rotatable bonds is 6. The summed E-state index contributed by atoms with van der Waals surface area (Å²) in [6.45, 7) is 19.9. The smallest absolute Gasteiger partial charge is 0.110 e. The lowest BCUT2D eigenvalue weighted by Crippen LogP contribution is -2.25. The van der Waals surface area contributed by atoms with E-state index < -0.39 is 0 Å². The molecule has 0 amide bonds. The molecule has 0 fully saturated rings. The normalized spacial score (nSPS) is 9.84. The first-order chi connectivity index (χ1) is 9.01. The third kappa shape index (κ3) is 22.7. The van der Waals surface area contributed by atoms with Crippen molar-refractivity contribution in [2.75, 3.05) is 19.6 Å². The molecule has 0 N–H and O–H groups in total. The average Bonchev–Trinajstić information content (AvgIpc) is 2.40. The van der Waals surface area contributed by atoms with Crippen LogP contribution in [0.2, 0.25) is 0 Å². The fraction of sp³-hybridized carbons (Fsp3) is 0.647. The Balaban J connectivity index is -0.000000271. The Labute approximate surface area is 120 Å². The highest BCUT2D eigenvalue weighted by molar-refractivity contribution is 5.04. The zero-order valence-corrected chi connectivity index (χ0v) is 14.1. The van der Waals surface area contributed by atoms with Crippen LogP contribution >= 0.6 is 0 Å². The topological polar surface area (TPSA) is 3.24 Å². The van der Waals surface area contributed by atoms with Crippen LogP contribution in [0.4, 0.5) is 4.39 Å². The van der Waals surface area contributed by atoms with Gasteiger partial charge in [0.2, 0.25) is 0 Å². The molecule has 0 saturated carbocycles. The van der Waals surface area contributed by atoms with Gasteiger partial charge in [-0.25, -0.2) is 4.39 Å². The molecule has 0 unspecified atom stereocenters. The first-order valence-corrected chi connectivity index (χ1v) is 7.30. The zero-order valence-electron chi connectivity index (χ0n) is 14.1. The third-order valence-electron chi connectivity index (χ3n) is 2.13. The molecule has 0 aromatic rings. The number of allylic oxidation sites excluding steroid dienone is 4. The summed E-state index contributed by atoms with van der Waals surface area (Å²) < 4.78 is 12.7. The monoisotopic (exact) mass is 271 g/mol. The SMILES string of the molecule is C/C=C(/F)CN(CC)CCC.C=CC=C(C)C.CC. The number of hydrogen-bond donors (Lipinski definition) is 0. The Morgan fingerprint density at radius 2 is 1.74 bits per heavy atom. The highest BCUT2D eigenvalue weighted by Crippen LogP contribution is 2.00. The third-order valence-corrected chi connectivity index (χ3v) is 2.13. The highest BCUT2D eigenvalue weighted by Gasteiger charge is 2.02. The van der Waals surface area contributed by atoms with Gasteiger partial charge in [-0.05, 0) is 40.3 Å². The molecule has 0 spiro atoms. The number of halogens is 1. The molecule has 0 aromatic carbocycles. The Bertz CT molecular complexity index is 238. The van der Waals surface area contributed by atoms with Crippen molar-refractivity contribution in [1.82, 2.24) is 4.90 Å². The van der Waals surface area contributed by atoms with Crippen molar-refractivity contribution in [2.24, 2.45) is 0 Å². The van der Waals surface area contributed by atoms with Gasteiger partial charge in [0.05, 0.1) is 0 Å². The lowest BCUT2D eigenvalue weighted by Gasteiger charge is -2.17. The first-order valence-electron chi connectivity index (χ1n) is 7.30. The second-order valence-electron chi connectivity index (χ2n) is 4.08. The standard InChI is InChI=1S/C9H18FN.C6H10.C2H6/c1-4-7-11(6-3)8-9(10)5-2;1-4-5-6(2)3;1-2/h5H,4,6-8H2,1-3H3;4-5H,1H2,2-3H3;1-2H3/b9-5+;;. The largest absolute Gasteiger partial charge is 0.297 e. The van der Waals surface area contributed by atoms with Crippen LogP contribution in [0.25, 0.3) is 0 Å². The van der Waals surface area contributed by atoms with Gasteiger partial charge < -0.3 is 0 Å². The van der Waals surface area contributed by atoms with Crippen molar-refractivity contribution < 1.29 is 4.39 Å². The van der Waals surface area contributed by atoms with E-state index in [1.54, 1.807) is 13.0 Å². The molecule has 114 valence electrons. The number of nitrogens with zero attached hydrogens (tertiary/aromatic N) is 1. The quantitative estimate of drug-likeness (QED) is 0.555. The molecule has 0 bridgehead atoms. The molecule has 0 saturated heterocycles. The average molecular weight is 271 g/mol. The van der Waals surface area contributed by atoms with Gasteiger partial charge in [-0.3, -0.25) is 4.90 Å². The Kier molecular flexibility index (Phi) is 23.8. The minimum atomic E-state index is -0.0275. The lowest BCUT2D eigenvalue weighted by molar-refractivity contribution is 0.292. The van der Waals surface area contributed by atoms with Gasteiger partial charge in [0, 0.05) is 6.54 Å². The van der Waals surface area contributed by atoms with E-state index in [0.29, 0.717) is 6.54 Å². The minimum absolute atomic E-state index is 0.0275. The minimum Gasteiger partial charge on any atom is -0.297 e. The fourth-order valence-electron chi connectivity index (χ4n) is 1.21. The molecule has 0 rings (SSSR count). The summed E-state index contributed by atoms with van der Waals surface area (Å²) in [5.41, 5.74) is 1.30. The Morgan fingerprint density at radius 3 is 1.95 bits per heavy atom. The van der Waals surface area contributed by atoms with E-state index in [2.05, 4.69) is 25.3 Å². The van der Waals surface area contributed by atoms with Gasteiger partial charge in [0.25, 0.3) is 0 Å². The fourth-order valence-corrected chi connectivity index (χ4v) is 1.21. The van der Waals surface area contributed by atoms with E-state index in [0.717, 1.165) is 19.5 Å². The van der Waals surface area contributed by atoms with Crippen LogP contribution in [0.1, 0.15) is 54.9 Å². The van der Waals surface area contributed by atoms with E-state index >= 15 is 0 Å². The van der Waals surface area contributed by atoms with Crippen LogP contribution in [0, 0.1) is 0 Å². The molecule has 0 aliphatic heterocycles.